The Balaban J connectivity index is 0.000000424. The van der Waals surface area contributed by atoms with E-state index < -0.39 is 16.5 Å². The molecule has 0 N–H and O–H groups in total. The van der Waals surface area contributed by atoms with Crippen LogP contribution in [0.15, 0.2) is 22.3 Å². The zero-order valence-electron chi connectivity index (χ0n) is 8.65. The molecule has 0 atom stereocenters. The molecule has 0 aliphatic heterocycles. The Morgan fingerprint density at radius 3 is 1.23 bits per heavy atom. The maximum absolute atomic E-state index is 4.88. The molecule has 0 amide bonds. The van der Waals surface area contributed by atoms with Crippen molar-refractivity contribution in [2.45, 2.75) is 34.6 Å². The summed E-state index contributed by atoms with van der Waals surface area (Å²) in [7, 11) is 9.75. The van der Waals surface area contributed by atoms with E-state index in [1.165, 1.54) is 11.1 Å². The number of halogens is 2. The summed E-state index contributed by atoms with van der Waals surface area (Å²) < 4.78 is 0. The molecular weight excluding hydrogens is 386 g/mol. The van der Waals surface area contributed by atoms with Crippen LogP contribution in [-0.4, -0.2) is 0 Å². The van der Waals surface area contributed by atoms with Gasteiger partial charge in [-0.1, -0.05) is 18.1 Å². The molecule has 0 saturated carbocycles. The zero-order valence-corrected chi connectivity index (χ0v) is 12.4. The fourth-order valence-electron chi connectivity index (χ4n) is 1.57. The molecule has 3 heteroatoms. The SMILES string of the molecule is CC1=C(C)C(C)C(C)=C1C.[Cl][Pt][Cl]. The van der Waals surface area contributed by atoms with E-state index in [1.54, 1.807) is 11.1 Å². The predicted molar refractivity (Wildman–Crippen MR) is 57.6 cm³/mol. The van der Waals surface area contributed by atoms with Crippen LogP contribution < -0.4 is 0 Å². The molecule has 0 heterocycles. The molecule has 80 valence electrons. The summed E-state index contributed by atoms with van der Waals surface area (Å²) in [4.78, 5) is 0. The van der Waals surface area contributed by atoms with Crippen molar-refractivity contribution < 1.29 is 16.5 Å². The molecule has 0 bridgehead atoms. The second-order valence-electron chi connectivity index (χ2n) is 3.38. The minimum absolute atomic E-state index is 0.472. The van der Waals surface area contributed by atoms with Crippen molar-refractivity contribution in [2.24, 2.45) is 5.92 Å². The van der Waals surface area contributed by atoms with Crippen molar-refractivity contribution >= 4 is 18.8 Å². The Kier molecular flexibility index (Phi) is 6.63. The molecule has 13 heavy (non-hydrogen) atoms. The van der Waals surface area contributed by atoms with Gasteiger partial charge < -0.3 is 0 Å². The van der Waals surface area contributed by atoms with Crippen molar-refractivity contribution in [3.63, 3.8) is 0 Å². The summed E-state index contributed by atoms with van der Waals surface area (Å²) in [6.07, 6.45) is 0. The van der Waals surface area contributed by atoms with Crippen molar-refractivity contribution in [3.05, 3.63) is 22.3 Å². The summed E-state index contributed by atoms with van der Waals surface area (Å²) >= 11 is -0.472. The van der Waals surface area contributed by atoms with Gasteiger partial charge in [-0.2, -0.15) is 0 Å². The Bertz CT molecular complexity index is 217. The minimum atomic E-state index is -0.472. The van der Waals surface area contributed by atoms with Crippen molar-refractivity contribution in [3.8, 4) is 0 Å². The predicted octanol–water partition coefficient (Wildman–Crippen LogP) is 4.69. The molecule has 0 aromatic rings. The van der Waals surface area contributed by atoms with Gasteiger partial charge in [0.25, 0.3) is 0 Å². The van der Waals surface area contributed by atoms with Crippen LogP contribution in [-0.2, 0) is 16.5 Å². The first-order chi connectivity index (χ1) is 5.97. The second-order valence-corrected chi connectivity index (χ2v) is 6.67. The van der Waals surface area contributed by atoms with Gasteiger partial charge in [0.05, 0.1) is 0 Å². The average molecular weight is 402 g/mol. The van der Waals surface area contributed by atoms with E-state index in [9.17, 15) is 0 Å². The standard InChI is InChI=1S/C10H16.2ClH.Pt/c1-6-7(2)9(4)10(5)8(6)3;;;/h6H,1-5H3;2*1H;/q;;;+2/p-2. The molecule has 0 aromatic heterocycles. The first-order valence-corrected chi connectivity index (χ1v) is 9.77. The molecule has 0 saturated heterocycles. The van der Waals surface area contributed by atoms with Crippen LogP contribution in [0, 0.1) is 5.92 Å². The Morgan fingerprint density at radius 2 is 1.15 bits per heavy atom. The van der Waals surface area contributed by atoms with E-state index in [1.807, 2.05) is 0 Å². The van der Waals surface area contributed by atoms with E-state index in [0.717, 1.165) is 0 Å². The first kappa shape index (κ1) is 13.7. The van der Waals surface area contributed by atoms with Crippen LogP contribution in [0.25, 0.3) is 0 Å². The normalized spacial score (nSPS) is 18.1. The van der Waals surface area contributed by atoms with Gasteiger partial charge >= 0.3 is 35.3 Å². The number of hydrogen-bond acceptors (Lipinski definition) is 0. The summed E-state index contributed by atoms with van der Waals surface area (Å²) in [6, 6.07) is 0. The first-order valence-electron chi connectivity index (χ1n) is 4.14. The molecular formula is C10H16Cl2Pt. The van der Waals surface area contributed by atoms with Crippen LogP contribution in [0.1, 0.15) is 34.6 Å². The number of hydrogen-bond donors (Lipinski definition) is 0. The third-order valence-corrected chi connectivity index (χ3v) is 3.04. The molecule has 0 nitrogen and oxygen atoms in total. The third kappa shape index (κ3) is 3.42. The van der Waals surface area contributed by atoms with E-state index in [4.69, 9.17) is 18.8 Å². The molecule has 1 aliphatic carbocycles. The quantitative estimate of drug-likeness (QED) is 0.552. The van der Waals surface area contributed by atoms with Crippen LogP contribution in [0.2, 0.25) is 0 Å². The van der Waals surface area contributed by atoms with Gasteiger partial charge in [-0.05, 0) is 44.8 Å². The van der Waals surface area contributed by atoms with E-state index in [0.29, 0.717) is 5.92 Å². The second kappa shape index (κ2) is 6.27. The summed E-state index contributed by atoms with van der Waals surface area (Å²) in [5, 5.41) is 0. The monoisotopic (exact) mass is 401 g/mol. The van der Waals surface area contributed by atoms with Crippen LogP contribution in [0.3, 0.4) is 0 Å². The van der Waals surface area contributed by atoms with Crippen LogP contribution in [0.5, 0.6) is 0 Å². The fourth-order valence-corrected chi connectivity index (χ4v) is 1.57. The Morgan fingerprint density at radius 1 is 0.923 bits per heavy atom. The van der Waals surface area contributed by atoms with Gasteiger partial charge in [0.2, 0.25) is 0 Å². The van der Waals surface area contributed by atoms with E-state index in [2.05, 4.69) is 34.6 Å². The topological polar surface area (TPSA) is 0 Å². The summed E-state index contributed by atoms with van der Waals surface area (Å²) in [5.74, 6) is 0.694. The van der Waals surface area contributed by atoms with Gasteiger partial charge in [0, 0.05) is 0 Å². The van der Waals surface area contributed by atoms with Gasteiger partial charge in [-0.25, -0.2) is 0 Å². The van der Waals surface area contributed by atoms with E-state index >= 15 is 0 Å². The van der Waals surface area contributed by atoms with Crippen LogP contribution in [0.4, 0.5) is 0 Å². The Labute approximate surface area is 97.8 Å². The average Bonchev–Trinajstić information content (AvgIpc) is 2.25. The molecule has 1 aliphatic rings. The van der Waals surface area contributed by atoms with Crippen molar-refractivity contribution in [1.29, 1.82) is 0 Å². The maximum atomic E-state index is 4.88. The zero-order chi connectivity index (χ0) is 10.6. The fraction of sp³-hybridized carbons (Fsp3) is 0.600. The van der Waals surface area contributed by atoms with Crippen LogP contribution >= 0.6 is 18.8 Å². The molecule has 0 spiro atoms. The van der Waals surface area contributed by atoms with Gasteiger partial charge in [-0.15, -0.1) is 0 Å². The molecule has 1 rings (SSSR count). The molecule has 0 radical (unpaired) electrons. The molecule has 0 unspecified atom stereocenters. The van der Waals surface area contributed by atoms with Crippen molar-refractivity contribution in [1.82, 2.24) is 0 Å². The molecule has 0 fully saturated rings. The van der Waals surface area contributed by atoms with Gasteiger partial charge in [0.1, 0.15) is 0 Å². The number of allylic oxidation sites excluding steroid dienone is 4. The molecule has 0 aromatic carbocycles. The number of rotatable bonds is 0. The summed E-state index contributed by atoms with van der Waals surface area (Å²) in [6.45, 7) is 11.2. The summed E-state index contributed by atoms with van der Waals surface area (Å²) in [5.41, 5.74) is 6.11. The van der Waals surface area contributed by atoms with Gasteiger partial charge in [0.15, 0.2) is 0 Å². The van der Waals surface area contributed by atoms with E-state index in [-0.39, 0.29) is 0 Å². The van der Waals surface area contributed by atoms with Crippen molar-refractivity contribution in [2.75, 3.05) is 0 Å². The third-order valence-electron chi connectivity index (χ3n) is 3.04. The Hall–Kier alpha value is 0.748. The van der Waals surface area contributed by atoms with Gasteiger partial charge in [-0.3, -0.25) is 0 Å².